The highest BCUT2D eigenvalue weighted by Gasteiger charge is 2.45. The smallest absolute Gasteiger partial charge is 0.411 e. The van der Waals surface area contributed by atoms with Gasteiger partial charge in [-0.25, -0.2) is 4.79 Å². The molecular weight excluding hydrogens is 302 g/mol. The molecule has 0 radical (unpaired) electrons. The number of hydrogen-bond acceptors (Lipinski definition) is 6. The Morgan fingerprint density at radius 1 is 1.48 bits per heavy atom. The van der Waals surface area contributed by atoms with E-state index in [2.05, 4.69) is 5.32 Å². The predicted molar refractivity (Wildman–Crippen MR) is 83.6 cm³/mol. The van der Waals surface area contributed by atoms with Gasteiger partial charge in [0.2, 0.25) is 5.91 Å². The predicted octanol–water partition coefficient (Wildman–Crippen LogP) is -0.221. The summed E-state index contributed by atoms with van der Waals surface area (Å²) in [7, 11) is 0. The van der Waals surface area contributed by atoms with Crippen LogP contribution in [0.5, 0.6) is 0 Å². The molecule has 0 aromatic rings. The van der Waals surface area contributed by atoms with E-state index in [1.807, 2.05) is 0 Å². The van der Waals surface area contributed by atoms with Crippen LogP contribution in [0.25, 0.3) is 0 Å². The quantitative estimate of drug-likeness (QED) is 0.579. The second-order valence-electron chi connectivity index (χ2n) is 6.96. The summed E-state index contributed by atoms with van der Waals surface area (Å²) in [4.78, 5) is 36.7. The van der Waals surface area contributed by atoms with Gasteiger partial charge in [0.25, 0.3) is 0 Å². The normalized spacial score (nSPS) is 24.1. The fourth-order valence-corrected chi connectivity index (χ4v) is 2.63. The molecule has 1 heterocycles. The van der Waals surface area contributed by atoms with Crippen LogP contribution in [0.15, 0.2) is 0 Å². The number of primary amides is 1. The van der Waals surface area contributed by atoms with Crippen LogP contribution in [0, 0.1) is 0 Å². The Morgan fingerprint density at radius 3 is 2.52 bits per heavy atom. The maximum Gasteiger partial charge on any atom is 0.411 e. The Kier molecular flexibility index (Phi) is 6.12. The third kappa shape index (κ3) is 4.90. The van der Waals surface area contributed by atoms with Crippen LogP contribution in [0.3, 0.4) is 0 Å². The van der Waals surface area contributed by atoms with E-state index in [1.165, 1.54) is 11.8 Å². The van der Waals surface area contributed by atoms with Crippen molar-refractivity contribution in [3.8, 4) is 0 Å². The number of rotatable bonds is 6. The van der Waals surface area contributed by atoms with E-state index in [9.17, 15) is 19.5 Å². The molecule has 1 fully saturated rings. The van der Waals surface area contributed by atoms with Crippen molar-refractivity contribution < 1.29 is 24.2 Å². The number of nitrogens with zero attached hydrogens (tertiary/aromatic N) is 1. The minimum atomic E-state index is -1.11. The van der Waals surface area contributed by atoms with E-state index in [0.29, 0.717) is 25.7 Å². The fourth-order valence-electron chi connectivity index (χ4n) is 2.63. The number of nitrogens with one attached hydrogen (secondary N) is 1. The summed E-state index contributed by atoms with van der Waals surface area (Å²) in [6, 6.07) is -0.993. The van der Waals surface area contributed by atoms with E-state index < -0.39 is 35.3 Å². The van der Waals surface area contributed by atoms with Crippen molar-refractivity contribution in [1.82, 2.24) is 10.2 Å². The van der Waals surface area contributed by atoms with Gasteiger partial charge >= 0.3 is 6.09 Å². The monoisotopic (exact) mass is 329 g/mol. The fraction of sp³-hybridized carbons (Fsp3) is 0.800. The molecule has 0 aromatic carbocycles. The Morgan fingerprint density at radius 2 is 2.09 bits per heavy atom. The summed E-state index contributed by atoms with van der Waals surface area (Å²) in [6.45, 7) is 7.09. The van der Waals surface area contributed by atoms with Gasteiger partial charge in [-0.05, 0) is 40.5 Å². The number of carbonyl (C=O) groups excluding carboxylic acids is 3. The number of hydrogen-bond donors (Lipinski definition) is 3. The largest absolute Gasteiger partial charge is 0.444 e. The van der Waals surface area contributed by atoms with Gasteiger partial charge in [0.1, 0.15) is 23.5 Å². The summed E-state index contributed by atoms with van der Waals surface area (Å²) < 4.78 is 5.34. The standard InChI is InChI=1S/C15H27N3O5/c1-10(20)11(12(16)21)17-8-15(9-19)6-5-7-18(15)13(22)23-14(2,3)4/h9-11,17,20H,5-8H2,1-4H3,(H2,16,21)/t10?,11-,15-/m0/s1. The minimum absolute atomic E-state index is 0.0221. The third-order valence-corrected chi connectivity index (χ3v) is 3.78. The zero-order chi connectivity index (χ0) is 17.8. The SMILES string of the molecule is CC(O)[C@H](NC[C@]1(C=O)CCCN1C(=O)OC(C)(C)C)C(N)=O. The number of nitrogens with two attached hydrogens (primary N) is 1. The number of ether oxygens (including phenoxy) is 1. The summed E-state index contributed by atoms with van der Waals surface area (Å²) >= 11 is 0. The Labute approximate surface area is 136 Å². The molecule has 0 saturated carbocycles. The highest BCUT2D eigenvalue weighted by molar-refractivity contribution is 5.81. The van der Waals surface area contributed by atoms with Crippen LogP contribution in [0.1, 0.15) is 40.5 Å². The number of likely N-dealkylation sites (tertiary alicyclic amines) is 1. The lowest BCUT2D eigenvalue weighted by Gasteiger charge is -2.36. The molecule has 4 N–H and O–H groups in total. The molecule has 8 heteroatoms. The van der Waals surface area contributed by atoms with Crippen molar-refractivity contribution in [1.29, 1.82) is 0 Å². The van der Waals surface area contributed by atoms with Crippen molar-refractivity contribution in [3.63, 3.8) is 0 Å². The molecule has 0 bridgehead atoms. The second-order valence-corrected chi connectivity index (χ2v) is 6.96. The van der Waals surface area contributed by atoms with Crippen molar-refractivity contribution in [2.24, 2.45) is 5.73 Å². The van der Waals surface area contributed by atoms with E-state index in [-0.39, 0.29) is 6.54 Å². The van der Waals surface area contributed by atoms with E-state index in [4.69, 9.17) is 10.5 Å². The molecule has 1 aliphatic rings. The topological polar surface area (TPSA) is 122 Å². The number of aliphatic hydroxyl groups excluding tert-OH is 1. The maximum absolute atomic E-state index is 12.3. The van der Waals surface area contributed by atoms with Crippen LogP contribution in [0.4, 0.5) is 4.79 Å². The van der Waals surface area contributed by atoms with E-state index >= 15 is 0 Å². The van der Waals surface area contributed by atoms with Gasteiger partial charge in [-0.3, -0.25) is 9.69 Å². The van der Waals surface area contributed by atoms with Crippen LogP contribution >= 0.6 is 0 Å². The first-order valence-electron chi connectivity index (χ1n) is 7.70. The Balaban J connectivity index is 2.87. The molecule has 1 rings (SSSR count). The van der Waals surface area contributed by atoms with Crippen molar-refractivity contribution in [2.75, 3.05) is 13.1 Å². The second kappa shape index (κ2) is 7.27. The summed E-state index contributed by atoms with van der Waals surface area (Å²) in [5.41, 5.74) is 3.45. The van der Waals surface area contributed by atoms with Crippen molar-refractivity contribution >= 4 is 18.3 Å². The number of carbonyl (C=O) groups is 3. The number of aldehydes is 1. The van der Waals surface area contributed by atoms with Crippen LogP contribution in [-0.4, -0.2) is 64.7 Å². The molecule has 132 valence electrons. The Hall–Kier alpha value is -1.67. The highest BCUT2D eigenvalue weighted by atomic mass is 16.6. The first-order valence-corrected chi connectivity index (χ1v) is 7.70. The van der Waals surface area contributed by atoms with Gasteiger partial charge in [-0.2, -0.15) is 0 Å². The average Bonchev–Trinajstić information content (AvgIpc) is 2.80. The molecule has 1 saturated heterocycles. The van der Waals surface area contributed by atoms with E-state index in [0.717, 1.165) is 0 Å². The van der Waals surface area contributed by atoms with Gasteiger partial charge in [0.05, 0.1) is 6.10 Å². The minimum Gasteiger partial charge on any atom is -0.444 e. The molecular formula is C15H27N3O5. The molecule has 3 atom stereocenters. The highest BCUT2D eigenvalue weighted by Crippen LogP contribution is 2.29. The molecule has 8 nitrogen and oxygen atoms in total. The van der Waals surface area contributed by atoms with Crippen molar-refractivity contribution in [3.05, 3.63) is 0 Å². The van der Waals surface area contributed by atoms with E-state index in [1.54, 1.807) is 20.8 Å². The lowest BCUT2D eigenvalue weighted by Crippen LogP contribution is -2.59. The zero-order valence-electron chi connectivity index (χ0n) is 14.2. The van der Waals surface area contributed by atoms with Gasteiger partial charge in [0.15, 0.2) is 0 Å². The average molecular weight is 329 g/mol. The lowest BCUT2D eigenvalue weighted by molar-refractivity contribution is -0.123. The maximum atomic E-state index is 12.3. The summed E-state index contributed by atoms with van der Waals surface area (Å²) in [5, 5.41) is 12.4. The van der Waals surface area contributed by atoms with Gasteiger partial charge in [-0.15, -0.1) is 0 Å². The first kappa shape index (κ1) is 19.4. The molecule has 1 unspecified atom stereocenters. The first-order chi connectivity index (χ1) is 10.5. The summed E-state index contributed by atoms with van der Waals surface area (Å²) in [6.07, 6.45) is 0.213. The molecule has 0 aliphatic carbocycles. The molecule has 23 heavy (non-hydrogen) atoms. The van der Waals surface area contributed by atoms with Crippen molar-refractivity contribution in [2.45, 2.75) is 63.8 Å². The zero-order valence-corrected chi connectivity index (χ0v) is 14.2. The molecule has 2 amide bonds. The van der Waals surface area contributed by atoms with Crippen LogP contribution in [0.2, 0.25) is 0 Å². The number of aliphatic hydroxyl groups is 1. The van der Waals surface area contributed by atoms with Gasteiger partial charge < -0.3 is 25.7 Å². The molecule has 0 spiro atoms. The molecule has 0 aromatic heterocycles. The lowest BCUT2D eigenvalue weighted by atomic mass is 9.97. The van der Waals surface area contributed by atoms with Gasteiger partial charge in [0, 0.05) is 13.1 Å². The molecule has 1 aliphatic heterocycles. The van der Waals surface area contributed by atoms with Gasteiger partial charge in [-0.1, -0.05) is 0 Å². The number of amides is 2. The Bertz CT molecular complexity index is 461. The summed E-state index contributed by atoms with van der Waals surface area (Å²) in [5.74, 6) is -0.720. The third-order valence-electron chi connectivity index (χ3n) is 3.78. The van der Waals surface area contributed by atoms with Crippen LogP contribution < -0.4 is 11.1 Å². The van der Waals surface area contributed by atoms with Crippen LogP contribution in [-0.2, 0) is 14.3 Å².